The van der Waals surface area contributed by atoms with Gasteiger partial charge in [-0.1, -0.05) is 26.0 Å². The summed E-state index contributed by atoms with van der Waals surface area (Å²) >= 11 is 0.638. The van der Waals surface area contributed by atoms with Crippen LogP contribution in [-0.2, 0) is 4.79 Å². The number of furan rings is 1. The van der Waals surface area contributed by atoms with Crippen molar-refractivity contribution in [1.29, 1.82) is 0 Å². The monoisotopic (exact) mass is 473 g/mol. The summed E-state index contributed by atoms with van der Waals surface area (Å²) in [6.45, 7) is 4.37. The lowest BCUT2D eigenvalue weighted by Crippen LogP contribution is -2.44. The molecule has 3 aromatic rings. The van der Waals surface area contributed by atoms with Crippen molar-refractivity contribution in [2.45, 2.75) is 26.3 Å². The number of para-hydroxylation sites is 1. The van der Waals surface area contributed by atoms with E-state index in [0.717, 1.165) is 11.0 Å². The number of carbonyl (C=O) groups is 3. The predicted molar refractivity (Wildman–Crippen MR) is 122 cm³/mol. The van der Waals surface area contributed by atoms with Crippen LogP contribution < -0.4 is 21.7 Å². The molecule has 0 radical (unpaired) electrons. The molecule has 1 unspecified atom stereocenters. The Hall–Kier alpha value is -3.73. The Labute approximate surface area is 193 Å². The van der Waals surface area contributed by atoms with Crippen LogP contribution in [0.4, 0.5) is 15.8 Å². The number of halogens is 1. The van der Waals surface area contributed by atoms with E-state index in [2.05, 4.69) is 9.69 Å². The molecule has 0 saturated heterocycles. The summed E-state index contributed by atoms with van der Waals surface area (Å²) in [5.41, 5.74) is 10.5. The number of rotatable bonds is 9. The molecule has 2 heterocycles. The fourth-order valence-corrected chi connectivity index (χ4v) is 3.90. The van der Waals surface area contributed by atoms with Crippen molar-refractivity contribution in [1.82, 2.24) is 9.69 Å². The van der Waals surface area contributed by atoms with Crippen molar-refractivity contribution in [2.24, 2.45) is 11.7 Å². The first kappa shape index (κ1) is 23.9. The molecular weight excluding hydrogens is 449 g/mol. The minimum absolute atomic E-state index is 0.117. The van der Waals surface area contributed by atoms with Gasteiger partial charge >= 0.3 is 0 Å². The third-order valence-corrected chi connectivity index (χ3v) is 5.68. The largest absolute Gasteiger partial charge is 0.467 e. The average molecular weight is 474 g/mol. The lowest BCUT2D eigenvalue weighted by Gasteiger charge is -2.30. The smallest absolute Gasteiger partial charge is 0.273 e. The maximum absolute atomic E-state index is 14.9. The van der Waals surface area contributed by atoms with Crippen LogP contribution >= 0.6 is 11.5 Å². The van der Waals surface area contributed by atoms with E-state index in [1.807, 2.05) is 13.8 Å². The third kappa shape index (κ3) is 5.20. The first-order valence-corrected chi connectivity index (χ1v) is 10.9. The highest BCUT2D eigenvalue weighted by atomic mass is 32.1. The van der Waals surface area contributed by atoms with Crippen molar-refractivity contribution >= 4 is 40.6 Å². The molecule has 0 aliphatic carbocycles. The van der Waals surface area contributed by atoms with Gasteiger partial charge in [0.15, 0.2) is 11.7 Å². The summed E-state index contributed by atoms with van der Waals surface area (Å²) in [6, 6.07) is 7.22. The van der Waals surface area contributed by atoms with E-state index < -0.39 is 29.6 Å². The summed E-state index contributed by atoms with van der Waals surface area (Å²) in [5, 5.41) is 2.78. The molecule has 0 spiro atoms. The highest BCUT2D eigenvalue weighted by molar-refractivity contribution is 7.09. The van der Waals surface area contributed by atoms with E-state index in [0.29, 0.717) is 30.4 Å². The Balaban J connectivity index is 2.12. The van der Waals surface area contributed by atoms with Crippen molar-refractivity contribution in [3.63, 3.8) is 0 Å². The second-order valence-corrected chi connectivity index (χ2v) is 8.43. The minimum Gasteiger partial charge on any atom is -0.467 e. The van der Waals surface area contributed by atoms with E-state index in [1.54, 1.807) is 6.07 Å². The third-order valence-electron chi connectivity index (χ3n) is 4.83. The van der Waals surface area contributed by atoms with Gasteiger partial charge in [-0.25, -0.2) is 4.39 Å². The molecule has 0 aliphatic rings. The van der Waals surface area contributed by atoms with Crippen LogP contribution in [0, 0.1) is 11.7 Å². The van der Waals surface area contributed by atoms with Gasteiger partial charge < -0.3 is 21.2 Å². The maximum atomic E-state index is 14.9. The highest BCUT2D eigenvalue weighted by Gasteiger charge is 2.38. The number of primary amides is 1. The quantitative estimate of drug-likeness (QED) is 0.435. The Morgan fingerprint density at radius 2 is 1.94 bits per heavy atom. The van der Waals surface area contributed by atoms with Crippen LogP contribution in [0.2, 0.25) is 0 Å². The molecule has 2 aromatic heterocycles. The Morgan fingerprint density at radius 3 is 2.52 bits per heavy atom. The molecule has 3 rings (SSSR count). The van der Waals surface area contributed by atoms with Gasteiger partial charge in [-0.15, -0.1) is 0 Å². The van der Waals surface area contributed by atoms with E-state index >= 15 is 0 Å². The number of hydrogen-bond acceptors (Lipinski definition) is 7. The van der Waals surface area contributed by atoms with E-state index in [-0.39, 0.29) is 27.7 Å². The number of nitrogens with two attached hydrogens (primary N) is 2. The van der Waals surface area contributed by atoms with E-state index in [4.69, 9.17) is 15.9 Å². The van der Waals surface area contributed by atoms with Gasteiger partial charge in [0, 0.05) is 6.54 Å². The lowest BCUT2D eigenvalue weighted by atomic mass is 10.1. The van der Waals surface area contributed by atoms with E-state index in [9.17, 15) is 18.8 Å². The fraction of sp³-hybridized carbons (Fsp3) is 0.273. The molecule has 1 atom stereocenters. The van der Waals surface area contributed by atoms with Crippen molar-refractivity contribution in [3.8, 4) is 0 Å². The molecule has 5 N–H and O–H groups in total. The molecular formula is C22H24FN5O4S. The van der Waals surface area contributed by atoms with Crippen LogP contribution in [0.25, 0.3) is 0 Å². The maximum Gasteiger partial charge on any atom is 0.273 e. The van der Waals surface area contributed by atoms with Crippen LogP contribution in [0.3, 0.4) is 0 Å². The Kier molecular flexibility index (Phi) is 7.44. The van der Waals surface area contributed by atoms with Crippen molar-refractivity contribution in [2.75, 3.05) is 17.2 Å². The number of nitrogens with zero attached hydrogens (tertiary/aromatic N) is 2. The number of anilines is 2. The summed E-state index contributed by atoms with van der Waals surface area (Å²) in [4.78, 5) is 39.3. The first-order valence-electron chi connectivity index (χ1n) is 10.2. The van der Waals surface area contributed by atoms with Crippen molar-refractivity contribution in [3.05, 3.63) is 64.8 Å². The molecule has 0 fully saturated rings. The summed E-state index contributed by atoms with van der Waals surface area (Å²) in [7, 11) is 0. The van der Waals surface area contributed by atoms with E-state index in [1.165, 1.54) is 30.5 Å². The average Bonchev–Trinajstić information content (AvgIpc) is 3.41. The van der Waals surface area contributed by atoms with Gasteiger partial charge in [-0.05, 0) is 48.1 Å². The van der Waals surface area contributed by atoms with Crippen LogP contribution in [-0.4, -0.2) is 28.6 Å². The Morgan fingerprint density at radius 1 is 1.21 bits per heavy atom. The van der Waals surface area contributed by atoms with Gasteiger partial charge in [0.1, 0.15) is 16.5 Å². The van der Waals surface area contributed by atoms with Gasteiger partial charge in [0.25, 0.3) is 17.7 Å². The Bertz CT molecular complexity index is 1150. The minimum atomic E-state index is -1.35. The van der Waals surface area contributed by atoms with Crippen LogP contribution in [0.1, 0.15) is 52.2 Å². The molecule has 33 heavy (non-hydrogen) atoms. The van der Waals surface area contributed by atoms with Gasteiger partial charge in [0.2, 0.25) is 0 Å². The van der Waals surface area contributed by atoms with Crippen molar-refractivity contribution < 1.29 is 23.2 Å². The topological polar surface area (TPSA) is 145 Å². The predicted octanol–water partition coefficient (Wildman–Crippen LogP) is 3.11. The first-order chi connectivity index (χ1) is 15.7. The molecule has 174 valence electrons. The second kappa shape index (κ2) is 10.3. The van der Waals surface area contributed by atoms with Gasteiger partial charge in [-0.3, -0.25) is 19.3 Å². The molecule has 0 bridgehead atoms. The summed E-state index contributed by atoms with van der Waals surface area (Å²) in [5.74, 6) is -2.60. The molecule has 1 aromatic carbocycles. The zero-order chi connectivity index (χ0) is 24.1. The zero-order valence-electron chi connectivity index (χ0n) is 18.1. The second-order valence-electron chi connectivity index (χ2n) is 7.66. The number of benzene rings is 1. The number of hydrogen-bond donors (Lipinski definition) is 3. The number of nitrogens with one attached hydrogen (secondary N) is 1. The van der Waals surface area contributed by atoms with Crippen LogP contribution in [0.5, 0.6) is 0 Å². The summed E-state index contributed by atoms with van der Waals surface area (Å²) in [6.07, 6.45) is 2.05. The highest BCUT2D eigenvalue weighted by Crippen LogP contribution is 2.34. The number of aromatic nitrogens is 1. The normalized spacial score (nSPS) is 11.9. The molecule has 3 amide bonds. The molecule has 11 heteroatoms. The molecule has 0 aliphatic heterocycles. The molecule has 9 nitrogen and oxygen atoms in total. The summed E-state index contributed by atoms with van der Waals surface area (Å²) < 4.78 is 24.2. The lowest BCUT2D eigenvalue weighted by molar-refractivity contribution is -0.122. The zero-order valence-corrected chi connectivity index (χ0v) is 18.9. The molecule has 0 saturated carbocycles. The fourth-order valence-electron chi connectivity index (χ4n) is 3.15. The number of carbonyl (C=O) groups excluding carboxylic acids is 3. The number of amides is 3. The van der Waals surface area contributed by atoms with Gasteiger partial charge in [-0.2, -0.15) is 4.37 Å². The van der Waals surface area contributed by atoms with Crippen LogP contribution in [0.15, 0.2) is 47.1 Å². The van der Waals surface area contributed by atoms with Gasteiger partial charge in [0.05, 0.1) is 17.6 Å². The number of nitrogen functional groups attached to an aromatic ring is 1. The standard InChI is InChI=1S/C22H24FN5O4S/c1-12(2)9-10-26-21(30)18(15-8-5-11-32-15)28(14-7-4-3-6-13(14)23)22(31)19-16(24)17(20(25)29)27-33-19/h3-8,11-12,18H,9-10,24H2,1-2H3,(H2,25,29)(H,26,30). The SMILES string of the molecule is CC(C)CCNC(=O)C(c1ccco1)N(C(=O)c1snc(C(N)=O)c1N)c1ccccc1F.